The lowest BCUT2D eigenvalue weighted by Crippen LogP contribution is -2.18. The zero-order chi connectivity index (χ0) is 14.8. The molecule has 106 valence electrons. The Morgan fingerprint density at radius 1 is 1.35 bits per heavy atom. The predicted octanol–water partition coefficient (Wildman–Crippen LogP) is 1.49. The minimum Gasteiger partial charge on any atom is -0.438 e. The van der Waals surface area contributed by atoms with Gasteiger partial charge in [0.2, 0.25) is 5.09 Å². The van der Waals surface area contributed by atoms with Crippen molar-refractivity contribution in [1.29, 1.82) is 0 Å². The van der Waals surface area contributed by atoms with E-state index >= 15 is 0 Å². The second-order valence-electron chi connectivity index (χ2n) is 3.62. The number of pyridine rings is 1. The molecule has 0 spiro atoms. The smallest absolute Gasteiger partial charge is 0.291 e. The van der Waals surface area contributed by atoms with Crippen molar-refractivity contribution in [2.45, 2.75) is 5.09 Å². The molecule has 1 amide bonds. The summed E-state index contributed by atoms with van der Waals surface area (Å²) in [6.07, 6.45) is 1.47. The summed E-state index contributed by atoms with van der Waals surface area (Å²) < 4.78 is 30.0. The number of nitrogens with one attached hydrogen (secondary N) is 2. The van der Waals surface area contributed by atoms with Crippen LogP contribution in [0.2, 0.25) is 5.15 Å². The first-order valence-corrected chi connectivity index (χ1v) is 7.25. The van der Waals surface area contributed by atoms with Crippen molar-refractivity contribution in [2.75, 3.05) is 12.4 Å². The van der Waals surface area contributed by atoms with Crippen LogP contribution in [-0.4, -0.2) is 26.4 Å². The fourth-order valence-corrected chi connectivity index (χ4v) is 2.16. The van der Waals surface area contributed by atoms with Crippen LogP contribution in [0, 0.1) is 0 Å². The second-order valence-corrected chi connectivity index (χ2v) is 5.80. The third kappa shape index (κ3) is 2.98. The van der Waals surface area contributed by atoms with Crippen molar-refractivity contribution in [3.63, 3.8) is 0 Å². The predicted molar refractivity (Wildman–Crippen MR) is 72.2 cm³/mol. The number of hydrogen-bond donors (Lipinski definition) is 2. The molecular formula is C11H10ClN3O4S. The molecule has 0 aliphatic carbocycles. The van der Waals surface area contributed by atoms with Crippen LogP contribution in [0.1, 0.15) is 10.6 Å². The molecule has 0 aliphatic heterocycles. The molecule has 0 saturated heterocycles. The summed E-state index contributed by atoms with van der Waals surface area (Å²) in [5.74, 6) is -0.781. The Labute approximate surface area is 120 Å². The van der Waals surface area contributed by atoms with Crippen LogP contribution in [0.5, 0.6) is 0 Å². The van der Waals surface area contributed by atoms with Gasteiger partial charge in [0.15, 0.2) is 10.9 Å². The van der Waals surface area contributed by atoms with E-state index in [9.17, 15) is 13.2 Å². The Kier molecular flexibility index (Phi) is 4.07. The third-order valence-electron chi connectivity index (χ3n) is 2.35. The highest BCUT2D eigenvalue weighted by atomic mass is 35.5. The highest BCUT2D eigenvalue weighted by Gasteiger charge is 2.20. The average Bonchev–Trinajstić information content (AvgIpc) is 2.92. The number of sulfonamides is 1. The molecule has 20 heavy (non-hydrogen) atoms. The number of hydrogen-bond acceptors (Lipinski definition) is 5. The number of anilines is 1. The first kappa shape index (κ1) is 14.5. The minimum atomic E-state index is -3.73. The van der Waals surface area contributed by atoms with E-state index in [0.29, 0.717) is 5.69 Å². The van der Waals surface area contributed by atoms with Gasteiger partial charge in [0.05, 0.1) is 5.69 Å². The normalized spacial score (nSPS) is 11.3. The molecule has 0 aliphatic rings. The molecule has 0 radical (unpaired) electrons. The molecule has 0 aromatic carbocycles. The maximum Gasteiger partial charge on any atom is 0.291 e. The van der Waals surface area contributed by atoms with Crippen LogP contribution < -0.4 is 10.0 Å². The van der Waals surface area contributed by atoms with E-state index in [-0.39, 0.29) is 16.0 Å². The number of carbonyl (C=O) groups excluding carboxylic acids is 1. The van der Waals surface area contributed by atoms with Crippen LogP contribution in [-0.2, 0) is 10.0 Å². The van der Waals surface area contributed by atoms with Crippen molar-refractivity contribution >= 4 is 33.2 Å². The molecule has 2 heterocycles. The summed E-state index contributed by atoms with van der Waals surface area (Å²) >= 11 is 5.79. The van der Waals surface area contributed by atoms with Crippen LogP contribution >= 0.6 is 11.6 Å². The number of furan rings is 1. The number of amides is 1. The van der Waals surface area contributed by atoms with Gasteiger partial charge in [-0.05, 0) is 31.3 Å². The number of rotatable bonds is 4. The molecule has 7 nitrogen and oxygen atoms in total. The molecule has 0 atom stereocenters. The molecule has 0 fully saturated rings. The van der Waals surface area contributed by atoms with E-state index in [1.165, 1.54) is 25.4 Å². The summed E-state index contributed by atoms with van der Waals surface area (Å²) in [6.45, 7) is 0. The van der Waals surface area contributed by atoms with Crippen LogP contribution in [0.3, 0.4) is 0 Å². The van der Waals surface area contributed by atoms with E-state index in [1.54, 1.807) is 12.1 Å². The fourth-order valence-electron chi connectivity index (χ4n) is 1.35. The molecule has 0 bridgehead atoms. The Hall–Kier alpha value is -1.90. The largest absolute Gasteiger partial charge is 0.438 e. The molecular weight excluding hydrogens is 306 g/mol. The maximum absolute atomic E-state index is 11.9. The molecule has 2 N–H and O–H groups in total. The van der Waals surface area contributed by atoms with E-state index in [2.05, 4.69) is 15.0 Å². The lowest BCUT2D eigenvalue weighted by atomic mass is 10.4. The van der Waals surface area contributed by atoms with Gasteiger partial charge < -0.3 is 9.73 Å². The van der Waals surface area contributed by atoms with E-state index in [4.69, 9.17) is 16.0 Å². The van der Waals surface area contributed by atoms with Gasteiger partial charge in [0, 0.05) is 6.20 Å². The molecule has 2 aromatic rings. The second kappa shape index (κ2) is 5.61. The monoisotopic (exact) mass is 315 g/mol. The Morgan fingerprint density at radius 3 is 2.75 bits per heavy atom. The minimum absolute atomic E-state index is 0.121. The molecule has 2 aromatic heterocycles. The summed E-state index contributed by atoms with van der Waals surface area (Å²) in [4.78, 5) is 15.7. The van der Waals surface area contributed by atoms with Gasteiger partial charge in [-0.25, -0.2) is 18.1 Å². The first-order chi connectivity index (χ1) is 9.44. The quantitative estimate of drug-likeness (QED) is 0.832. The van der Waals surface area contributed by atoms with E-state index < -0.39 is 15.9 Å². The zero-order valence-corrected chi connectivity index (χ0v) is 11.8. The van der Waals surface area contributed by atoms with Crippen LogP contribution in [0.15, 0.2) is 40.0 Å². The summed E-state index contributed by atoms with van der Waals surface area (Å²) in [6, 6.07) is 5.59. The highest BCUT2D eigenvalue weighted by Crippen LogP contribution is 2.20. The number of nitrogens with zero attached hydrogens (tertiary/aromatic N) is 1. The summed E-state index contributed by atoms with van der Waals surface area (Å²) in [5, 5.41) is 2.24. The van der Waals surface area contributed by atoms with E-state index in [1.807, 2.05) is 0 Å². The van der Waals surface area contributed by atoms with Gasteiger partial charge in [-0.1, -0.05) is 11.6 Å². The van der Waals surface area contributed by atoms with Gasteiger partial charge >= 0.3 is 0 Å². The number of halogens is 1. The van der Waals surface area contributed by atoms with Crippen LogP contribution in [0.4, 0.5) is 5.69 Å². The van der Waals surface area contributed by atoms with E-state index in [0.717, 1.165) is 0 Å². The number of carbonyl (C=O) groups is 1. The Bertz CT molecular complexity index is 742. The molecule has 0 saturated carbocycles. The number of aromatic nitrogens is 1. The van der Waals surface area contributed by atoms with Gasteiger partial charge in [-0.15, -0.1) is 0 Å². The fraction of sp³-hybridized carbons (Fsp3) is 0.0909. The SMILES string of the molecule is CNS(=O)(=O)c1ccc(C(=O)Nc2cccnc2Cl)o1. The molecule has 9 heteroatoms. The van der Waals surface area contributed by atoms with Crippen molar-refractivity contribution < 1.29 is 17.6 Å². The van der Waals surface area contributed by atoms with Crippen molar-refractivity contribution in [3.8, 4) is 0 Å². The lowest BCUT2D eigenvalue weighted by molar-refractivity contribution is 0.0991. The highest BCUT2D eigenvalue weighted by molar-refractivity contribution is 7.89. The standard InChI is InChI=1S/C11H10ClN3O4S/c1-13-20(17,18)9-5-4-8(19-9)11(16)15-7-3-2-6-14-10(7)12/h2-6,13H,1H3,(H,15,16). The van der Waals surface area contributed by atoms with Gasteiger partial charge in [-0.3, -0.25) is 4.79 Å². The lowest BCUT2D eigenvalue weighted by Gasteiger charge is -2.04. The van der Waals surface area contributed by atoms with Gasteiger partial charge in [0.1, 0.15) is 0 Å². The Morgan fingerprint density at radius 2 is 2.10 bits per heavy atom. The van der Waals surface area contributed by atoms with Crippen molar-refractivity contribution in [2.24, 2.45) is 0 Å². The summed E-state index contributed by atoms with van der Waals surface area (Å²) in [5.41, 5.74) is 0.300. The van der Waals surface area contributed by atoms with Crippen LogP contribution in [0.25, 0.3) is 0 Å². The molecule has 2 rings (SSSR count). The van der Waals surface area contributed by atoms with Crippen molar-refractivity contribution in [3.05, 3.63) is 41.4 Å². The molecule has 0 unspecified atom stereocenters. The zero-order valence-electron chi connectivity index (χ0n) is 10.3. The topological polar surface area (TPSA) is 101 Å². The third-order valence-corrected chi connectivity index (χ3v) is 3.93. The Balaban J connectivity index is 2.21. The van der Waals surface area contributed by atoms with Gasteiger partial charge in [0.25, 0.3) is 15.9 Å². The maximum atomic E-state index is 11.9. The first-order valence-electron chi connectivity index (χ1n) is 5.39. The van der Waals surface area contributed by atoms with Gasteiger partial charge in [-0.2, -0.15) is 0 Å². The average molecular weight is 316 g/mol. The van der Waals surface area contributed by atoms with Crippen molar-refractivity contribution in [1.82, 2.24) is 9.71 Å². The summed E-state index contributed by atoms with van der Waals surface area (Å²) in [7, 11) is -2.48.